The van der Waals surface area contributed by atoms with Gasteiger partial charge in [-0.1, -0.05) is 36.8 Å². The largest absolute Gasteiger partial charge is 0.438 e. The molecule has 4 heteroatoms. The Morgan fingerprint density at radius 1 is 1.32 bits per heavy atom. The number of hydrogen-bond acceptors (Lipinski definition) is 3. The number of likely N-dealkylation sites (tertiary alicyclic amines) is 1. The first-order chi connectivity index (χ1) is 10.5. The maximum Gasteiger partial charge on any atom is 0.410 e. The lowest BCUT2D eigenvalue weighted by Crippen LogP contribution is -2.41. The molecule has 1 amide bonds. The number of ketones is 1. The van der Waals surface area contributed by atoms with Crippen molar-refractivity contribution in [1.82, 2.24) is 4.90 Å². The smallest absolute Gasteiger partial charge is 0.410 e. The molecule has 1 saturated heterocycles. The maximum absolute atomic E-state index is 12.2. The highest BCUT2D eigenvalue weighted by atomic mass is 16.6. The number of amides is 1. The van der Waals surface area contributed by atoms with Gasteiger partial charge in [0, 0.05) is 19.5 Å². The van der Waals surface area contributed by atoms with Crippen molar-refractivity contribution in [2.24, 2.45) is 5.92 Å². The number of rotatable bonds is 4. The monoisotopic (exact) mass is 303 g/mol. The zero-order valence-corrected chi connectivity index (χ0v) is 13.7. The van der Waals surface area contributed by atoms with E-state index in [-0.39, 0.29) is 11.9 Å². The Kier molecular flexibility index (Phi) is 5.58. The van der Waals surface area contributed by atoms with Crippen molar-refractivity contribution in [1.29, 1.82) is 0 Å². The summed E-state index contributed by atoms with van der Waals surface area (Å²) >= 11 is 0. The molecule has 1 aliphatic heterocycles. The van der Waals surface area contributed by atoms with Crippen LogP contribution in [-0.4, -0.2) is 36.0 Å². The van der Waals surface area contributed by atoms with Crippen molar-refractivity contribution in [3.8, 4) is 0 Å². The normalized spacial score (nSPS) is 17.1. The summed E-state index contributed by atoms with van der Waals surface area (Å²) in [6.07, 6.45) is 1.37. The van der Waals surface area contributed by atoms with Crippen LogP contribution >= 0.6 is 0 Å². The summed E-state index contributed by atoms with van der Waals surface area (Å²) in [6, 6.07) is 7.94. The van der Waals surface area contributed by atoms with Crippen LogP contribution < -0.4 is 0 Å². The van der Waals surface area contributed by atoms with Crippen LogP contribution in [0, 0.1) is 12.8 Å². The summed E-state index contributed by atoms with van der Waals surface area (Å²) in [5.41, 5.74) is 2.15. The van der Waals surface area contributed by atoms with E-state index >= 15 is 0 Å². The van der Waals surface area contributed by atoms with Crippen LogP contribution in [0.1, 0.15) is 37.8 Å². The minimum atomic E-state index is -0.700. The van der Waals surface area contributed by atoms with Gasteiger partial charge in [0.05, 0.1) is 0 Å². The minimum Gasteiger partial charge on any atom is -0.438 e. The molecule has 0 N–H and O–H groups in total. The Bertz CT molecular complexity index is 533. The highest BCUT2D eigenvalue weighted by Crippen LogP contribution is 2.18. The predicted octanol–water partition coefficient (Wildman–Crippen LogP) is 3.36. The van der Waals surface area contributed by atoms with Crippen LogP contribution in [0.15, 0.2) is 24.3 Å². The zero-order valence-electron chi connectivity index (χ0n) is 13.7. The molecular formula is C18H25NO3. The molecule has 1 heterocycles. The second-order valence-corrected chi connectivity index (χ2v) is 6.35. The lowest BCUT2D eigenvalue weighted by atomic mass is 10.00. The Labute approximate surface area is 132 Å². The van der Waals surface area contributed by atoms with Gasteiger partial charge in [-0.2, -0.15) is 0 Å². The van der Waals surface area contributed by atoms with Gasteiger partial charge in [-0.3, -0.25) is 4.79 Å². The number of benzene rings is 1. The fraction of sp³-hybridized carbons (Fsp3) is 0.556. The first-order valence-electron chi connectivity index (χ1n) is 7.97. The quantitative estimate of drug-likeness (QED) is 0.857. The first-order valence-corrected chi connectivity index (χ1v) is 7.97. The van der Waals surface area contributed by atoms with Crippen LogP contribution in [0.3, 0.4) is 0 Å². The molecule has 1 fully saturated rings. The molecule has 120 valence electrons. The fourth-order valence-electron chi connectivity index (χ4n) is 2.71. The number of hydrogen-bond donors (Lipinski definition) is 0. The molecule has 4 nitrogen and oxygen atoms in total. The summed E-state index contributed by atoms with van der Waals surface area (Å²) in [5, 5.41) is 0. The van der Waals surface area contributed by atoms with Crippen LogP contribution in [0.4, 0.5) is 4.79 Å². The van der Waals surface area contributed by atoms with Gasteiger partial charge in [0.1, 0.15) is 0 Å². The molecule has 1 aromatic carbocycles. The van der Waals surface area contributed by atoms with Crippen molar-refractivity contribution in [3.63, 3.8) is 0 Å². The van der Waals surface area contributed by atoms with Crippen molar-refractivity contribution in [3.05, 3.63) is 35.4 Å². The van der Waals surface area contributed by atoms with Crippen LogP contribution in [-0.2, 0) is 16.0 Å². The zero-order chi connectivity index (χ0) is 16.1. The van der Waals surface area contributed by atoms with Gasteiger partial charge in [0.15, 0.2) is 11.9 Å². The molecule has 0 radical (unpaired) electrons. The second kappa shape index (κ2) is 7.43. The molecule has 22 heavy (non-hydrogen) atoms. The summed E-state index contributed by atoms with van der Waals surface area (Å²) < 4.78 is 5.47. The van der Waals surface area contributed by atoms with Crippen LogP contribution in [0.25, 0.3) is 0 Å². The summed E-state index contributed by atoms with van der Waals surface area (Å²) in [5.74, 6) is 0.542. The van der Waals surface area contributed by atoms with Crippen LogP contribution in [0.5, 0.6) is 0 Å². The number of nitrogens with zero attached hydrogens (tertiary/aromatic N) is 1. The molecule has 1 atom stereocenters. The average molecular weight is 303 g/mol. The van der Waals surface area contributed by atoms with E-state index in [1.165, 1.54) is 6.92 Å². The average Bonchev–Trinajstić information content (AvgIpc) is 2.47. The number of ether oxygens (including phenoxy) is 1. The third-order valence-electron chi connectivity index (χ3n) is 4.24. The molecule has 0 unspecified atom stereocenters. The van der Waals surface area contributed by atoms with Crippen molar-refractivity contribution >= 4 is 11.9 Å². The number of piperidine rings is 1. The molecule has 1 aromatic rings. The molecular weight excluding hydrogens is 278 g/mol. The molecule has 0 aliphatic carbocycles. The molecule has 2 rings (SSSR count). The lowest BCUT2D eigenvalue weighted by Gasteiger charge is -2.30. The third-order valence-corrected chi connectivity index (χ3v) is 4.24. The number of carbonyl (C=O) groups is 2. The van der Waals surface area contributed by atoms with Crippen LogP contribution in [0.2, 0.25) is 0 Å². The molecule has 0 aromatic heterocycles. The van der Waals surface area contributed by atoms with Crippen molar-refractivity contribution in [2.45, 2.75) is 46.1 Å². The van der Waals surface area contributed by atoms with Gasteiger partial charge in [-0.15, -0.1) is 0 Å². The summed E-state index contributed by atoms with van der Waals surface area (Å²) in [7, 11) is 0. The SMILES string of the molecule is CC(=O)[C@@H](Cc1cccc(C)c1)OC(=O)N1CCC(C)CC1. The van der Waals surface area contributed by atoms with Gasteiger partial charge >= 0.3 is 6.09 Å². The van der Waals surface area contributed by atoms with E-state index in [1.54, 1.807) is 4.90 Å². The van der Waals surface area contributed by atoms with Gasteiger partial charge in [-0.05, 0) is 38.2 Å². The Balaban J connectivity index is 1.96. The first kappa shape index (κ1) is 16.5. The van der Waals surface area contributed by atoms with Gasteiger partial charge < -0.3 is 9.64 Å². The number of carbonyl (C=O) groups excluding carboxylic acids is 2. The van der Waals surface area contributed by atoms with E-state index in [0.29, 0.717) is 12.3 Å². The van der Waals surface area contributed by atoms with E-state index in [2.05, 4.69) is 6.92 Å². The highest BCUT2D eigenvalue weighted by Gasteiger charge is 2.26. The van der Waals surface area contributed by atoms with E-state index in [1.807, 2.05) is 31.2 Å². The fourth-order valence-corrected chi connectivity index (χ4v) is 2.71. The minimum absolute atomic E-state index is 0.111. The van der Waals surface area contributed by atoms with Gasteiger partial charge in [0.25, 0.3) is 0 Å². The van der Waals surface area contributed by atoms with E-state index < -0.39 is 6.10 Å². The lowest BCUT2D eigenvalue weighted by molar-refractivity contribution is -0.125. The predicted molar refractivity (Wildman–Crippen MR) is 85.8 cm³/mol. The Morgan fingerprint density at radius 2 is 2.00 bits per heavy atom. The molecule has 1 aliphatic rings. The van der Waals surface area contributed by atoms with E-state index in [0.717, 1.165) is 37.1 Å². The maximum atomic E-state index is 12.2. The molecule has 0 spiro atoms. The summed E-state index contributed by atoms with van der Waals surface area (Å²) in [4.78, 5) is 25.8. The Morgan fingerprint density at radius 3 is 2.59 bits per heavy atom. The van der Waals surface area contributed by atoms with Gasteiger partial charge in [0.2, 0.25) is 0 Å². The molecule has 0 saturated carbocycles. The van der Waals surface area contributed by atoms with E-state index in [4.69, 9.17) is 4.74 Å². The molecule has 0 bridgehead atoms. The summed E-state index contributed by atoms with van der Waals surface area (Å²) in [6.45, 7) is 7.11. The standard InChI is InChI=1S/C18H25NO3/c1-13-7-9-19(10-8-13)18(21)22-17(15(3)20)12-16-6-4-5-14(2)11-16/h4-6,11,13,17H,7-10,12H2,1-3H3/t17-/m1/s1. The third kappa shape index (κ3) is 4.58. The number of aryl methyl sites for hydroxylation is 1. The van der Waals surface area contributed by atoms with E-state index in [9.17, 15) is 9.59 Å². The van der Waals surface area contributed by atoms with Crippen molar-refractivity contribution < 1.29 is 14.3 Å². The number of Topliss-reactive ketones (excluding diaryl/α,β-unsaturated/α-hetero) is 1. The topological polar surface area (TPSA) is 46.6 Å². The Hall–Kier alpha value is -1.84. The van der Waals surface area contributed by atoms with Crippen molar-refractivity contribution in [2.75, 3.05) is 13.1 Å². The second-order valence-electron chi connectivity index (χ2n) is 6.35. The highest BCUT2D eigenvalue weighted by molar-refractivity contribution is 5.83. The van der Waals surface area contributed by atoms with Gasteiger partial charge in [-0.25, -0.2) is 4.79 Å².